The Kier molecular flexibility index (Phi) is 3.75. The van der Waals surface area contributed by atoms with Gasteiger partial charge in [0.25, 0.3) is 0 Å². The first-order valence-electron chi connectivity index (χ1n) is 5.80. The smallest absolute Gasteiger partial charge is 0.0704 e. The molecule has 82 valence electrons. The molecule has 1 aromatic rings. The molecule has 1 aliphatic carbocycles. The van der Waals surface area contributed by atoms with Crippen LogP contribution in [0.5, 0.6) is 0 Å². The molecule has 0 saturated heterocycles. The minimum Gasteiger partial charge on any atom is -0.391 e. The number of benzene rings is 1. The Morgan fingerprint density at radius 2 is 2.00 bits per heavy atom. The van der Waals surface area contributed by atoms with Gasteiger partial charge in [0.15, 0.2) is 0 Å². The van der Waals surface area contributed by atoms with Gasteiger partial charge in [-0.3, -0.25) is 0 Å². The topological polar surface area (TPSA) is 32.3 Å². The third-order valence-corrected chi connectivity index (χ3v) is 3.06. The molecule has 15 heavy (non-hydrogen) atoms. The highest BCUT2D eigenvalue weighted by Crippen LogP contribution is 2.17. The van der Waals surface area contributed by atoms with Crippen molar-refractivity contribution in [2.24, 2.45) is 0 Å². The molecule has 1 unspecified atom stereocenters. The van der Waals surface area contributed by atoms with Gasteiger partial charge < -0.3 is 10.4 Å². The van der Waals surface area contributed by atoms with E-state index in [-0.39, 0.29) is 6.10 Å². The van der Waals surface area contributed by atoms with E-state index in [1.54, 1.807) is 0 Å². The first-order valence-corrected chi connectivity index (χ1v) is 5.80. The van der Waals surface area contributed by atoms with Crippen LogP contribution in [0.4, 0.5) is 0 Å². The van der Waals surface area contributed by atoms with E-state index in [9.17, 15) is 5.11 Å². The third-order valence-electron chi connectivity index (χ3n) is 3.06. The highest BCUT2D eigenvalue weighted by molar-refractivity contribution is 5.15. The fourth-order valence-electron chi connectivity index (χ4n) is 1.87. The minimum atomic E-state index is -0.256. The van der Waals surface area contributed by atoms with Gasteiger partial charge in [0.05, 0.1) is 6.10 Å². The van der Waals surface area contributed by atoms with Crippen LogP contribution in [0.3, 0.4) is 0 Å². The summed E-state index contributed by atoms with van der Waals surface area (Å²) in [7, 11) is 0. The fraction of sp³-hybridized carbons (Fsp3) is 0.538. The van der Waals surface area contributed by atoms with E-state index in [1.807, 2.05) is 18.2 Å². The second-order valence-corrected chi connectivity index (χ2v) is 4.38. The van der Waals surface area contributed by atoms with Crippen LogP contribution in [0.15, 0.2) is 30.3 Å². The molecule has 0 radical (unpaired) electrons. The molecule has 0 spiro atoms. The predicted octanol–water partition coefficient (Wildman–Crippen LogP) is 1.73. The van der Waals surface area contributed by atoms with Gasteiger partial charge in [0, 0.05) is 12.6 Å². The van der Waals surface area contributed by atoms with Gasteiger partial charge in [-0.25, -0.2) is 0 Å². The number of hydrogen-bond acceptors (Lipinski definition) is 2. The van der Waals surface area contributed by atoms with Crippen molar-refractivity contribution >= 4 is 0 Å². The highest BCUT2D eigenvalue weighted by atomic mass is 16.3. The van der Waals surface area contributed by atoms with Crippen LogP contribution in [0.1, 0.15) is 24.8 Å². The van der Waals surface area contributed by atoms with Gasteiger partial charge >= 0.3 is 0 Å². The van der Waals surface area contributed by atoms with Crippen LogP contribution in [0.2, 0.25) is 0 Å². The molecule has 0 bridgehead atoms. The van der Waals surface area contributed by atoms with E-state index in [2.05, 4.69) is 17.4 Å². The lowest BCUT2D eigenvalue weighted by Gasteiger charge is -2.27. The Hall–Kier alpha value is -0.860. The van der Waals surface area contributed by atoms with Crippen molar-refractivity contribution in [1.29, 1.82) is 0 Å². The maximum atomic E-state index is 9.81. The number of rotatable bonds is 5. The van der Waals surface area contributed by atoms with E-state index in [1.165, 1.54) is 24.8 Å². The first-order chi connectivity index (χ1) is 7.34. The van der Waals surface area contributed by atoms with Crippen molar-refractivity contribution in [3.05, 3.63) is 35.9 Å². The second kappa shape index (κ2) is 5.29. The lowest BCUT2D eigenvalue weighted by Crippen LogP contribution is -2.40. The SMILES string of the molecule is OC(CNC1CCC1)Cc1ccccc1. The van der Waals surface area contributed by atoms with Crippen LogP contribution in [-0.4, -0.2) is 23.8 Å². The summed E-state index contributed by atoms with van der Waals surface area (Å²) < 4.78 is 0. The van der Waals surface area contributed by atoms with Crippen molar-refractivity contribution in [1.82, 2.24) is 5.32 Å². The maximum absolute atomic E-state index is 9.81. The standard InChI is InChI=1S/C13H19NO/c15-13(10-14-12-7-4-8-12)9-11-5-2-1-3-6-11/h1-3,5-6,12-15H,4,7-10H2. The van der Waals surface area contributed by atoms with E-state index >= 15 is 0 Å². The summed E-state index contributed by atoms with van der Waals surface area (Å²) in [5.74, 6) is 0. The molecule has 1 atom stereocenters. The van der Waals surface area contributed by atoms with Gasteiger partial charge in [0.2, 0.25) is 0 Å². The third kappa shape index (κ3) is 3.33. The lowest BCUT2D eigenvalue weighted by atomic mass is 9.93. The lowest BCUT2D eigenvalue weighted by molar-refractivity contribution is 0.159. The van der Waals surface area contributed by atoms with Crippen LogP contribution in [0.25, 0.3) is 0 Å². The Balaban J connectivity index is 1.69. The molecular formula is C13H19NO. The monoisotopic (exact) mass is 205 g/mol. The average Bonchev–Trinajstić information content (AvgIpc) is 2.17. The van der Waals surface area contributed by atoms with Crippen molar-refractivity contribution in [2.75, 3.05) is 6.54 Å². The minimum absolute atomic E-state index is 0.256. The van der Waals surface area contributed by atoms with Gasteiger partial charge in [-0.1, -0.05) is 36.8 Å². The summed E-state index contributed by atoms with van der Waals surface area (Å²) in [6, 6.07) is 10.8. The maximum Gasteiger partial charge on any atom is 0.0704 e. The zero-order valence-corrected chi connectivity index (χ0v) is 9.02. The van der Waals surface area contributed by atoms with Crippen molar-refractivity contribution in [2.45, 2.75) is 37.8 Å². The first kappa shape index (κ1) is 10.7. The van der Waals surface area contributed by atoms with E-state index in [0.717, 1.165) is 13.0 Å². The summed E-state index contributed by atoms with van der Waals surface area (Å²) in [5, 5.41) is 13.2. The van der Waals surface area contributed by atoms with Gasteiger partial charge in [0.1, 0.15) is 0 Å². The van der Waals surface area contributed by atoms with Gasteiger partial charge in [-0.05, 0) is 24.8 Å². The predicted molar refractivity (Wildman–Crippen MR) is 61.8 cm³/mol. The average molecular weight is 205 g/mol. The van der Waals surface area contributed by atoms with E-state index in [4.69, 9.17) is 0 Å². The van der Waals surface area contributed by atoms with Crippen molar-refractivity contribution in [3.8, 4) is 0 Å². The zero-order valence-electron chi connectivity index (χ0n) is 9.02. The quantitative estimate of drug-likeness (QED) is 0.767. The fourth-order valence-corrected chi connectivity index (χ4v) is 1.87. The highest BCUT2D eigenvalue weighted by Gasteiger charge is 2.17. The number of nitrogens with one attached hydrogen (secondary N) is 1. The van der Waals surface area contributed by atoms with E-state index in [0.29, 0.717) is 6.04 Å². The molecule has 1 aliphatic rings. The summed E-state index contributed by atoms with van der Waals surface area (Å²) in [4.78, 5) is 0. The Labute approximate surface area is 91.3 Å². The molecule has 1 saturated carbocycles. The molecule has 2 rings (SSSR count). The van der Waals surface area contributed by atoms with Crippen LogP contribution >= 0.6 is 0 Å². The Morgan fingerprint density at radius 3 is 2.60 bits per heavy atom. The van der Waals surface area contributed by atoms with E-state index < -0.39 is 0 Å². The molecule has 1 fully saturated rings. The number of hydrogen-bond donors (Lipinski definition) is 2. The largest absolute Gasteiger partial charge is 0.391 e. The molecule has 2 N–H and O–H groups in total. The zero-order chi connectivity index (χ0) is 10.5. The van der Waals surface area contributed by atoms with Crippen molar-refractivity contribution in [3.63, 3.8) is 0 Å². The number of aliphatic hydroxyl groups is 1. The Bertz CT molecular complexity index is 282. The number of aliphatic hydroxyl groups excluding tert-OH is 1. The summed E-state index contributed by atoms with van der Waals surface area (Å²) in [6.45, 7) is 0.722. The molecule has 2 heteroatoms. The molecule has 0 heterocycles. The molecule has 0 aromatic heterocycles. The molecule has 1 aromatic carbocycles. The summed E-state index contributed by atoms with van der Waals surface area (Å²) in [6.07, 6.45) is 4.39. The van der Waals surface area contributed by atoms with Crippen LogP contribution in [0, 0.1) is 0 Å². The van der Waals surface area contributed by atoms with Gasteiger partial charge in [-0.15, -0.1) is 0 Å². The van der Waals surface area contributed by atoms with Crippen LogP contribution < -0.4 is 5.32 Å². The summed E-state index contributed by atoms with van der Waals surface area (Å²) in [5.41, 5.74) is 1.21. The molecular weight excluding hydrogens is 186 g/mol. The summed E-state index contributed by atoms with van der Waals surface area (Å²) >= 11 is 0. The molecule has 2 nitrogen and oxygen atoms in total. The Morgan fingerprint density at radius 1 is 1.27 bits per heavy atom. The normalized spacial score (nSPS) is 18.5. The second-order valence-electron chi connectivity index (χ2n) is 4.38. The van der Waals surface area contributed by atoms with Crippen molar-refractivity contribution < 1.29 is 5.11 Å². The van der Waals surface area contributed by atoms with Gasteiger partial charge in [-0.2, -0.15) is 0 Å². The van der Waals surface area contributed by atoms with Crippen LogP contribution in [-0.2, 0) is 6.42 Å². The molecule has 0 amide bonds. The molecule has 0 aliphatic heterocycles.